The molecule has 9 heteroatoms. The Bertz CT molecular complexity index is 946. The molecule has 0 spiro atoms. The van der Waals surface area contributed by atoms with Crippen LogP contribution in [0.2, 0.25) is 0 Å². The highest BCUT2D eigenvalue weighted by atomic mass is 32.1. The summed E-state index contributed by atoms with van der Waals surface area (Å²) in [6.45, 7) is 3.44. The highest BCUT2D eigenvalue weighted by Crippen LogP contribution is 2.35. The maximum absolute atomic E-state index is 12.6. The third-order valence-electron chi connectivity index (χ3n) is 4.79. The van der Waals surface area contributed by atoms with Crippen LogP contribution in [0.5, 0.6) is 11.5 Å². The first-order valence-electron chi connectivity index (χ1n) is 9.97. The molecule has 2 N–H and O–H groups in total. The average Bonchev–Trinajstić information content (AvgIpc) is 2.77. The van der Waals surface area contributed by atoms with Crippen molar-refractivity contribution in [2.45, 2.75) is 26.4 Å². The summed E-state index contributed by atoms with van der Waals surface area (Å²) < 4.78 is 15.8. The summed E-state index contributed by atoms with van der Waals surface area (Å²) in [5, 5.41) is 12.8. The van der Waals surface area contributed by atoms with Crippen molar-refractivity contribution < 1.29 is 33.7 Å². The summed E-state index contributed by atoms with van der Waals surface area (Å²) in [4.78, 5) is 35.3. The van der Waals surface area contributed by atoms with E-state index >= 15 is 0 Å². The van der Waals surface area contributed by atoms with Gasteiger partial charge >= 0.3 is 12.1 Å². The Kier molecular flexibility index (Phi) is 9.39. The van der Waals surface area contributed by atoms with Gasteiger partial charge in [0.15, 0.2) is 17.3 Å². The lowest BCUT2D eigenvalue weighted by molar-refractivity contribution is -0.141. The highest BCUT2D eigenvalue weighted by Gasteiger charge is 2.25. The van der Waals surface area contributed by atoms with Gasteiger partial charge in [-0.25, -0.2) is 4.79 Å². The number of hydrogen-bond donors (Lipinski definition) is 3. The molecule has 0 radical (unpaired) electrons. The third-order valence-corrected chi connectivity index (χ3v) is 5.04. The number of rotatable bonds is 10. The zero-order valence-electron chi connectivity index (χ0n) is 18.2. The van der Waals surface area contributed by atoms with Crippen LogP contribution in [0.25, 0.3) is 0 Å². The molecule has 0 aliphatic carbocycles. The van der Waals surface area contributed by atoms with Crippen molar-refractivity contribution in [2.75, 3.05) is 24.8 Å². The van der Waals surface area contributed by atoms with Gasteiger partial charge in [-0.1, -0.05) is 13.0 Å². The van der Waals surface area contributed by atoms with Crippen molar-refractivity contribution in [3.05, 3.63) is 53.6 Å². The molecule has 0 saturated carbocycles. The lowest BCUT2D eigenvalue weighted by atomic mass is 9.94. The lowest BCUT2D eigenvalue weighted by Gasteiger charge is -2.25. The number of nitrogens with one attached hydrogen (secondary N) is 1. The van der Waals surface area contributed by atoms with Crippen LogP contribution >= 0.6 is 12.6 Å². The van der Waals surface area contributed by atoms with E-state index in [0.717, 1.165) is 0 Å². The zero-order valence-corrected chi connectivity index (χ0v) is 19.1. The van der Waals surface area contributed by atoms with Crippen molar-refractivity contribution in [2.24, 2.45) is 5.92 Å². The molecular formula is C23H27NO7S. The van der Waals surface area contributed by atoms with Crippen LogP contribution in [-0.2, 0) is 14.3 Å². The number of hydrogen-bond acceptors (Lipinski definition) is 8. The van der Waals surface area contributed by atoms with Crippen molar-refractivity contribution in [1.29, 1.82) is 0 Å². The summed E-state index contributed by atoms with van der Waals surface area (Å²) in [5.41, 5.74) is 1.55. The first-order valence-corrected chi connectivity index (χ1v) is 10.6. The average molecular weight is 462 g/mol. The molecule has 0 unspecified atom stereocenters. The van der Waals surface area contributed by atoms with Gasteiger partial charge in [-0.05, 0) is 55.3 Å². The van der Waals surface area contributed by atoms with Gasteiger partial charge in [0.05, 0.1) is 19.5 Å². The number of aromatic hydroxyl groups is 1. The van der Waals surface area contributed by atoms with Crippen molar-refractivity contribution in [3.63, 3.8) is 0 Å². The molecular weight excluding hydrogens is 434 g/mol. The number of Topliss-reactive ketones (excluding diaryl/α,β-unsaturated/α-hetero) is 1. The minimum atomic E-state index is -0.738. The molecule has 2 rings (SSSR count). The van der Waals surface area contributed by atoms with Gasteiger partial charge in [0.2, 0.25) is 0 Å². The monoisotopic (exact) mass is 461 g/mol. The smallest absolute Gasteiger partial charge is 0.412 e. The molecule has 2 atom stereocenters. The first-order chi connectivity index (χ1) is 15.2. The molecule has 2 aromatic carbocycles. The van der Waals surface area contributed by atoms with Gasteiger partial charge < -0.3 is 19.3 Å². The molecule has 0 fully saturated rings. The number of phenolic OH excluding ortho intramolecular Hbond substituents is 1. The summed E-state index contributed by atoms with van der Waals surface area (Å²) >= 11 is 3.87. The van der Waals surface area contributed by atoms with E-state index in [9.17, 15) is 19.5 Å². The lowest BCUT2D eigenvalue weighted by Crippen LogP contribution is -2.23. The number of methoxy groups -OCH3 is 1. The molecule has 0 aromatic heterocycles. The summed E-state index contributed by atoms with van der Waals surface area (Å²) in [7, 11) is 1.44. The van der Waals surface area contributed by atoms with Crippen LogP contribution < -0.4 is 10.1 Å². The Morgan fingerprint density at radius 1 is 1.12 bits per heavy atom. The quantitative estimate of drug-likeness (QED) is 0.273. The maximum Gasteiger partial charge on any atom is 0.412 e. The van der Waals surface area contributed by atoms with Crippen molar-refractivity contribution in [3.8, 4) is 11.5 Å². The number of benzene rings is 2. The standard InChI is InChI=1S/C23H27NO7S/c1-14(10-11-30-21(27)13-32)22(17-6-9-20(29-3)19(26)12-17)31-23(28)24-18-7-4-16(5-8-18)15(2)25/h4-9,12,14,22,26,32H,10-11,13H2,1-3H3,(H,24,28)/t14-,22-/m0/s1. The Hall–Kier alpha value is -3.20. The Morgan fingerprint density at radius 3 is 2.38 bits per heavy atom. The third kappa shape index (κ3) is 7.19. The fourth-order valence-electron chi connectivity index (χ4n) is 3.00. The van der Waals surface area contributed by atoms with E-state index in [1.165, 1.54) is 20.1 Å². The molecule has 0 bridgehead atoms. The number of esters is 1. The van der Waals surface area contributed by atoms with Crippen LogP contribution in [0.4, 0.5) is 10.5 Å². The Labute approximate surface area is 192 Å². The predicted octanol–water partition coefficient (Wildman–Crippen LogP) is 4.39. The van der Waals surface area contributed by atoms with Crippen LogP contribution in [0.15, 0.2) is 42.5 Å². The first kappa shape index (κ1) is 25.1. The fourth-order valence-corrected chi connectivity index (χ4v) is 3.09. The number of ether oxygens (including phenoxy) is 3. The van der Waals surface area contributed by atoms with E-state index < -0.39 is 18.2 Å². The van der Waals surface area contributed by atoms with Crippen LogP contribution in [0.1, 0.15) is 42.3 Å². The number of amides is 1. The summed E-state index contributed by atoms with van der Waals surface area (Å²) in [6.07, 6.45) is -1.03. The second-order valence-electron chi connectivity index (χ2n) is 7.16. The molecule has 1 amide bonds. The second kappa shape index (κ2) is 12.0. The highest BCUT2D eigenvalue weighted by molar-refractivity contribution is 7.81. The molecule has 0 heterocycles. The summed E-state index contributed by atoms with van der Waals surface area (Å²) in [6, 6.07) is 11.2. The molecule has 0 aliphatic heterocycles. The van der Waals surface area contributed by atoms with Crippen LogP contribution in [0.3, 0.4) is 0 Å². The van der Waals surface area contributed by atoms with Gasteiger partial charge in [-0.15, -0.1) is 0 Å². The van der Waals surface area contributed by atoms with E-state index in [1.807, 2.05) is 6.92 Å². The van der Waals surface area contributed by atoms with E-state index in [2.05, 4.69) is 17.9 Å². The molecule has 172 valence electrons. The number of ketones is 1. The van der Waals surface area contributed by atoms with E-state index in [0.29, 0.717) is 23.2 Å². The van der Waals surface area contributed by atoms with E-state index in [1.54, 1.807) is 36.4 Å². The van der Waals surface area contributed by atoms with Crippen LogP contribution in [0, 0.1) is 5.92 Å². The Balaban J connectivity index is 2.15. The van der Waals surface area contributed by atoms with Gasteiger partial charge in [-0.2, -0.15) is 12.6 Å². The van der Waals surface area contributed by atoms with Crippen molar-refractivity contribution in [1.82, 2.24) is 0 Å². The molecule has 2 aromatic rings. The maximum atomic E-state index is 12.6. The van der Waals surface area contributed by atoms with Crippen molar-refractivity contribution >= 4 is 36.2 Å². The molecule has 0 saturated heterocycles. The second-order valence-corrected chi connectivity index (χ2v) is 7.48. The molecule has 32 heavy (non-hydrogen) atoms. The fraction of sp³-hybridized carbons (Fsp3) is 0.348. The minimum absolute atomic E-state index is 0.0223. The van der Waals surface area contributed by atoms with E-state index in [-0.39, 0.29) is 35.6 Å². The normalized spacial score (nSPS) is 12.4. The zero-order chi connectivity index (χ0) is 23.7. The largest absolute Gasteiger partial charge is 0.504 e. The molecule has 0 aliphatic rings. The number of carbonyl (C=O) groups is 3. The van der Waals surface area contributed by atoms with Gasteiger partial charge in [0, 0.05) is 17.2 Å². The number of phenols is 1. The number of carbonyl (C=O) groups excluding carboxylic acids is 3. The van der Waals surface area contributed by atoms with Gasteiger partial charge in [0.1, 0.15) is 6.10 Å². The Morgan fingerprint density at radius 2 is 1.81 bits per heavy atom. The number of anilines is 1. The van der Waals surface area contributed by atoms with Crippen LogP contribution in [-0.4, -0.2) is 42.4 Å². The minimum Gasteiger partial charge on any atom is -0.504 e. The topological polar surface area (TPSA) is 111 Å². The van der Waals surface area contributed by atoms with Gasteiger partial charge in [0.25, 0.3) is 0 Å². The predicted molar refractivity (Wildman–Crippen MR) is 123 cm³/mol. The SMILES string of the molecule is COc1ccc([C@@H](OC(=O)Nc2ccc(C(C)=O)cc2)[C@@H](C)CCOC(=O)CS)cc1O. The molecule has 8 nitrogen and oxygen atoms in total. The number of thiol groups is 1. The summed E-state index contributed by atoms with van der Waals surface area (Å²) in [5.74, 6) is -0.588. The van der Waals surface area contributed by atoms with E-state index in [4.69, 9.17) is 14.2 Å². The van der Waals surface area contributed by atoms with Gasteiger partial charge in [-0.3, -0.25) is 14.9 Å².